The van der Waals surface area contributed by atoms with Crippen LogP contribution in [0.2, 0.25) is 0 Å². The van der Waals surface area contributed by atoms with Crippen molar-refractivity contribution in [3.63, 3.8) is 0 Å². The predicted molar refractivity (Wildman–Crippen MR) is 74.5 cm³/mol. The molecule has 3 aromatic rings. The zero-order valence-corrected chi connectivity index (χ0v) is 10.7. The van der Waals surface area contributed by atoms with E-state index in [9.17, 15) is 0 Å². The molecule has 19 heavy (non-hydrogen) atoms. The Morgan fingerprint density at radius 1 is 0.895 bits per heavy atom. The second-order valence-electron chi connectivity index (χ2n) is 4.34. The summed E-state index contributed by atoms with van der Waals surface area (Å²) >= 11 is 0. The van der Waals surface area contributed by atoms with Gasteiger partial charge in [0, 0.05) is 11.1 Å². The highest BCUT2D eigenvalue weighted by molar-refractivity contribution is 5.59. The van der Waals surface area contributed by atoms with Crippen molar-refractivity contribution >= 4 is 0 Å². The van der Waals surface area contributed by atoms with E-state index in [0.29, 0.717) is 11.7 Å². The minimum absolute atomic E-state index is 0.551. The van der Waals surface area contributed by atoms with Gasteiger partial charge in [0.1, 0.15) is 0 Å². The smallest absolute Gasteiger partial charge is 0.258 e. The van der Waals surface area contributed by atoms with Gasteiger partial charge in [-0.25, -0.2) is 0 Å². The van der Waals surface area contributed by atoms with Crippen LogP contribution in [-0.4, -0.2) is 10.1 Å². The van der Waals surface area contributed by atoms with Gasteiger partial charge >= 0.3 is 0 Å². The second-order valence-corrected chi connectivity index (χ2v) is 4.34. The molecule has 0 bridgehead atoms. The Balaban J connectivity index is 1.92. The highest BCUT2D eigenvalue weighted by atomic mass is 16.5. The number of aryl methyl sites for hydroxylation is 1. The van der Waals surface area contributed by atoms with Crippen molar-refractivity contribution in [1.82, 2.24) is 10.1 Å². The maximum absolute atomic E-state index is 5.30. The van der Waals surface area contributed by atoms with Gasteiger partial charge < -0.3 is 4.52 Å². The van der Waals surface area contributed by atoms with Crippen LogP contribution in [-0.2, 0) is 6.42 Å². The fourth-order valence-electron chi connectivity index (χ4n) is 1.93. The average molecular weight is 250 g/mol. The van der Waals surface area contributed by atoms with Crippen LogP contribution >= 0.6 is 0 Å². The summed E-state index contributed by atoms with van der Waals surface area (Å²) in [7, 11) is 0. The van der Waals surface area contributed by atoms with Gasteiger partial charge in [0.2, 0.25) is 5.82 Å². The number of aromatic nitrogens is 2. The molecule has 0 unspecified atom stereocenters. The summed E-state index contributed by atoms with van der Waals surface area (Å²) in [6.07, 6.45) is 1.03. The molecule has 0 spiro atoms. The molecule has 2 aromatic carbocycles. The Labute approximate surface area is 111 Å². The topological polar surface area (TPSA) is 38.9 Å². The van der Waals surface area contributed by atoms with Crippen molar-refractivity contribution in [3.8, 4) is 22.8 Å². The predicted octanol–water partition coefficient (Wildman–Crippen LogP) is 3.97. The molecule has 0 saturated carbocycles. The largest absolute Gasteiger partial charge is 0.334 e. The lowest BCUT2D eigenvalue weighted by molar-refractivity contribution is 0.432. The zero-order chi connectivity index (χ0) is 13.1. The Kier molecular flexibility index (Phi) is 3.11. The van der Waals surface area contributed by atoms with Gasteiger partial charge in [-0.1, -0.05) is 54.5 Å². The first kappa shape index (κ1) is 11.7. The lowest BCUT2D eigenvalue weighted by Gasteiger charge is -1.97. The van der Waals surface area contributed by atoms with Crippen LogP contribution in [0.5, 0.6) is 0 Å². The SMILES string of the molecule is CCc1ccc(-c2noc(-c3ccccc3)n2)cc1. The maximum Gasteiger partial charge on any atom is 0.258 e. The molecule has 0 N–H and O–H groups in total. The average Bonchev–Trinajstić information content (AvgIpc) is 2.98. The molecular formula is C16H14N2O. The van der Waals surface area contributed by atoms with Crippen LogP contribution in [0.15, 0.2) is 59.1 Å². The lowest BCUT2D eigenvalue weighted by atomic mass is 10.1. The molecule has 1 heterocycles. The van der Waals surface area contributed by atoms with E-state index in [0.717, 1.165) is 17.5 Å². The van der Waals surface area contributed by atoms with Crippen LogP contribution in [0, 0.1) is 0 Å². The first-order chi connectivity index (χ1) is 9.36. The monoisotopic (exact) mass is 250 g/mol. The summed E-state index contributed by atoms with van der Waals surface area (Å²) in [6.45, 7) is 2.14. The van der Waals surface area contributed by atoms with E-state index in [1.54, 1.807) is 0 Å². The second kappa shape index (κ2) is 5.06. The summed E-state index contributed by atoms with van der Waals surface area (Å²) in [6, 6.07) is 18.0. The molecule has 0 aliphatic heterocycles. The van der Waals surface area contributed by atoms with Crippen LogP contribution < -0.4 is 0 Å². The number of hydrogen-bond donors (Lipinski definition) is 0. The minimum atomic E-state index is 0.551. The van der Waals surface area contributed by atoms with Crippen LogP contribution in [0.25, 0.3) is 22.8 Å². The van der Waals surface area contributed by atoms with Gasteiger partial charge in [-0.3, -0.25) is 0 Å². The molecule has 3 heteroatoms. The first-order valence-corrected chi connectivity index (χ1v) is 6.35. The van der Waals surface area contributed by atoms with E-state index in [2.05, 4.69) is 29.2 Å². The summed E-state index contributed by atoms with van der Waals surface area (Å²) in [4.78, 5) is 4.43. The van der Waals surface area contributed by atoms with Crippen molar-refractivity contribution in [2.24, 2.45) is 0 Å². The van der Waals surface area contributed by atoms with Gasteiger partial charge in [-0.15, -0.1) is 0 Å². The highest BCUT2D eigenvalue weighted by Gasteiger charge is 2.09. The van der Waals surface area contributed by atoms with Gasteiger partial charge in [0.05, 0.1) is 0 Å². The summed E-state index contributed by atoms with van der Waals surface area (Å²) < 4.78 is 5.30. The molecule has 0 aliphatic rings. The summed E-state index contributed by atoms with van der Waals surface area (Å²) in [5.41, 5.74) is 3.21. The van der Waals surface area contributed by atoms with Crippen molar-refractivity contribution in [2.75, 3.05) is 0 Å². The minimum Gasteiger partial charge on any atom is -0.334 e. The zero-order valence-electron chi connectivity index (χ0n) is 10.7. The summed E-state index contributed by atoms with van der Waals surface area (Å²) in [5.74, 6) is 1.18. The third kappa shape index (κ3) is 2.40. The van der Waals surface area contributed by atoms with Crippen molar-refractivity contribution in [3.05, 3.63) is 60.2 Å². The van der Waals surface area contributed by atoms with Crippen molar-refractivity contribution < 1.29 is 4.52 Å². The molecule has 0 atom stereocenters. The Morgan fingerprint density at radius 3 is 2.32 bits per heavy atom. The molecule has 0 fully saturated rings. The molecule has 94 valence electrons. The van der Waals surface area contributed by atoms with Gasteiger partial charge in [-0.05, 0) is 24.1 Å². The lowest BCUT2D eigenvalue weighted by Crippen LogP contribution is -1.83. The van der Waals surface area contributed by atoms with Gasteiger partial charge in [-0.2, -0.15) is 4.98 Å². The Morgan fingerprint density at radius 2 is 1.63 bits per heavy atom. The molecule has 3 rings (SSSR count). The molecular weight excluding hydrogens is 236 g/mol. The fourth-order valence-corrected chi connectivity index (χ4v) is 1.93. The van der Waals surface area contributed by atoms with Crippen LogP contribution in [0.4, 0.5) is 0 Å². The summed E-state index contributed by atoms with van der Waals surface area (Å²) in [5, 5.41) is 4.03. The first-order valence-electron chi connectivity index (χ1n) is 6.35. The normalized spacial score (nSPS) is 10.6. The van der Waals surface area contributed by atoms with E-state index < -0.39 is 0 Å². The van der Waals surface area contributed by atoms with Gasteiger partial charge in [0.15, 0.2) is 0 Å². The molecule has 0 amide bonds. The number of benzene rings is 2. The molecule has 0 aliphatic carbocycles. The number of nitrogens with zero attached hydrogens (tertiary/aromatic N) is 2. The maximum atomic E-state index is 5.30. The molecule has 0 radical (unpaired) electrons. The standard InChI is InChI=1S/C16H14N2O/c1-2-12-8-10-13(11-9-12)15-17-16(19-18-15)14-6-4-3-5-7-14/h3-11H,2H2,1H3. The van der Waals surface area contributed by atoms with Crippen molar-refractivity contribution in [1.29, 1.82) is 0 Å². The van der Waals surface area contributed by atoms with Gasteiger partial charge in [0.25, 0.3) is 5.89 Å². The van der Waals surface area contributed by atoms with E-state index in [1.807, 2.05) is 42.5 Å². The van der Waals surface area contributed by atoms with E-state index in [4.69, 9.17) is 4.52 Å². The molecule has 3 nitrogen and oxygen atoms in total. The molecule has 1 aromatic heterocycles. The Hall–Kier alpha value is -2.42. The third-order valence-electron chi connectivity index (χ3n) is 3.07. The van der Waals surface area contributed by atoms with Crippen LogP contribution in [0.1, 0.15) is 12.5 Å². The van der Waals surface area contributed by atoms with Crippen LogP contribution in [0.3, 0.4) is 0 Å². The third-order valence-corrected chi connectivity index (χ3v) is 3.07. The Bertz CT molecular complexity index is 657. The van der Waals surface area contributed by atoms with Crippen molar-refractivity contribution in [2.45, 2.75) is 13.3 Å². The number of rotatable bonds is 3. The molecule has 0 saturated heterocycles. The van der Waals surface area contributed by atoms with E-state index in [-0.39, 0.29) is 0 Å². The highest BCUT2D eigenvalue weighted by Crippen LogP contribution is 2.22. The van der Waals surface area contributed by atoms with E-state index in [1.165, 1.54) is 5.56 Å². The fraction of sp³-hybridized carbons (Fsp3) is 0.125. The van der Waals surface area contributed by atoms with E-state index >= 15 is 0 Å². The quantitative estimate of drug-likeness (QED) is 0.706. The number of hydrogen-bond acceptors (Lipinski definition) is 3.